The molecule has 17 rings (SSSR count). The van der Waals surface area contributed by atoms with E-state index in [0.717, 1.165) is 173 Å². The fourth-order valence-corrected chi connectivity index (χ4v) is 19.4. The van der Waals surface area contributed by atoms with Gasteiger partial charge in [0.2, 0.25) is 0 Å². The summed E-state index contributed by atoms with van der Waals surface area (Å²) in [6.45, 7) is 47.0. The van der Waals surface area contributed by atoms with E-state index in [1.807, 2.05) is 0 Å². The SMILES string of the molecule is Cc1cc(C)c(-c2c3nc(c(-c4c(C)cc(C)cc4C)c4ccc([nH]4)c(-c4c(C)cc(C)cc4C)c4nc(c(-c5cc(-c6c7nc(c(-c8c(C)cc(C)cc8C)c8ccc([nH]8)c(-c8c(C)cc(C)cc8C)c8nc(c(-c9c(C)cc(C)cc9C)c9ccc6[nH]9)C=C8)C=C7)cc(C(C)(C)C)c5)c5ccc2[nH]5)C=C4)C=C3)c(C)c1. The lowest BCUT2D eigenvalue weighted by Gasteiger charge is -2.22. The highest BCUT2D eigenvalue weighted by Crippen LogP contribution is 2.48. The molecule has 0 spiro atoms. The summed E-state index contributed by atoms with van der Waals surface area (Å²) in [5, 5.41) is 0. The van der Waals surface area contributed by atoms with E-state index in [-0.39, 0.29) is 5.41 Å². The Bertz CT molecular complexity index is 6150. The Balaban J connectivity index is 1.03. The predicted octanol–water partition coefficient (Wildman–Crippen LogP) is 27.8. The first kappa shape index (κ1) is 72.6. The van der Waals surface area contributed by atoms with Gasteiger partial charge in [0, 0.05) is 88.6 Å². The summed E-state index contributed by atoms with van der Waals surface area (Å²) in [6, 6.07) is 53.0. The van der Waals surface area contributed by atoms with Crippen molar-refractivity contribution in [3.8, 4) is 89.0 Å². The molecule has 10 heterocycles. The summed E-state index contributed by atoms with van der Waals surface area (Å²) in [7, 11) is 0. The topological polar surface area (TPSA) is 115 Å². The zero-order chi connectivity index (χ0) is 78.5. The molecule has 7 aromatic carbocycles. The smallest absolute Gasteiger partial charge is 0.0737 e. The molecule has 16 bridgehead atoms. The van der Waals surface area contributed by atoms with Gasteiger partial charge < -0.3 is 19.9 Å². The highest BCUT2D eigenvalue weighted by Gasteiger charge is 2.29. The molecule has 554 valence electrons. The van der Waals surface area contributed by atoms with E-state index in [1.165, 1.54) is 111 Å². The van der Waals surface area contributed by atoms with Gasteiger partial charge in [-0.15, -0.1) is 0 Å². The lowest BCUT2D eigenvalue weighted by molar-refractivity contribution is 0.590. The lowest BCUT2D eigenvalue weighted by atomic mass is 9.83. The van der Waals surface area contributed by atoms with Gasteiger partial charge in [-0.3, -0.25) is 0 Å². The van der Waals surface area contributed by atoms with Gasteiger partial charge in [-0.25, -0.2) is 19.9 Å². The highest BCUT2D eigenvalue weighted by atomic mass is 14.8. The molecule has 4 aliphatic rings. The van der Waals surface area contributed by atoms with Gasteiger partial charge in [0.25, 0.3) is 0 Å². The first-order valence-corrected chi connectivity index (χ1v) is 39.5. The molecule has 0 fully saturated rings. The van der Waals surface area contributed by atoms with E-state index in [0.29, 0.717) is 0 Å². The van der Waals surface area contributed by atoms with E-state index >= 15 is 0 Å². The van der Waals surface area contributed by atoms with E-state index in [4.69, 9.17) is 19.9 Å². The second-order valence-electron chi connectivity index (χ2n) is 33.7. The van der Waals surface area contributed by atoms with Crippen LogP contribution in [-0.2, 0) is 5.41 Å². The fraction of sp³-hybridized carbons (Fsp3) is 0.212. The zero-order valence-corrected chi connectivity index (χ0v) is 68.7. The van der Waals surface area contributed by atoms with Crippen molar-refractivity contribution in [2.45, 2.75) is 151 Å². The summed E-state index contributed by atoms with van der Waals surface area (Å²) in [6.07, 6.45) is 17.9. The largest absolute Gasteiger partial charge is 0.354 e. The van der Waals surface area contributed by atoms with Crippen molar-refractivity contribution in [2.75, 3.05) is 0 Å². The monoisotopic (exact) mass is 1460 g/mol. The Hall–Kier alpha value is -12.3. The highest BCUT2D eigenvalue weighted by molar-refractivity contribution is 6.06. The average Bonchev–Trinajstić information content (AvgIpc) is 1.61. The quantitative estimate of drug-likeness (QED) is 0.121. The lowest BCUT2D eigenvalue weighted by Crippen LogP contribution is -2.11. The summed E-state index contributed by atoms with van der Waals surface area (Å²) in [4.78, 5) is 40.3. The molecule has 0 atom stereocenters. The molecule has 0 saturated carbocycles. The molecule has 4 N–H and O–H groups in total. The maximum atomic E-state index is 6.01. The number of nitrogens with one attached hydrogen (secondary N) is 4. The Morgan fingerprint density at radius 3 is 0.500 bits per heavy atom. The first-order chi connectivity index (χ1) is 53.5. The second kappa shape index (κ2) is 27.3. The minimum Gasteiger partial charge on any atom is -0.354 e. The van der Waals surface area contributed by atoms with E-state index in [1.54, 1.807) is 0 Å². The van der Waals surface area contributed by atoms with Gasteiger partial charge in [0.05, 0.1) is 45.6 Å². The molecule has 13 aromatic rings. The van der Waals surface area contributed by atoms with Crippen molar-refractivity contribution in [1.82, 2.24) is 39.9 Å². The van der Waals surface area contributed by atoms with Gasteiger partial charge >= 0.3 is 0 Å². The van der Waals surface area contributed by atoms with E-state index in [2.05, 4.69) is 353 Å². The molecule has 6 aromatic heterocycles. The number of rotatable bonds is 8. The molecule has 0 radical (unpaired) electrons. The maximum Gasteiger partial charge on any atom is 0.0737 e. The van der Waals surface area contributed by atoms with Crippen LogP contribution in [0.15, 0.2) is 140 Å². The van der Waals surface area contributed by atoms with Crippen LogP contribution < -0.4 is 0 Å². The van der Waals surface area contributed by atoms with Crippen molar-refractivity contribution in [3.63, 3.8) is 0 Å². The molecule has 8 heteroatoms. The van der Waals surface area contributed by atoms with Crippen LogP contribution in [-0.4, -0.2) is 39.9 Å². The molecule has 0 amide bonds. The third kappa shape index (κ3) is 12.6. The molecular weight excluding hydrogens is 1360 g/mol. The Morgan fingerprint density at radius 2 is 0.339 bits per heavy atom. The number of aromatic amines is 4. The van der Waals surface area contributed by atoms with Crippen LogP contribution in [0.1, 0.15) is 172 Å². The molecule has 0 aliphatic carbocycles. The Labute approximate surface area is 659 Å². The number of hydrogen-bond acceptors (Lipinski definition) is 4. The molecular formula is C104H98N8. The van der Waals surface area contributed by atoms with E-state index in [9.17, 15) is 0 Å². The van der Waals surface area contributed by atoms with Gasteiger partial charge in [-0.05, 0) is 350 Å². The van der Waals surface area contributed by atoms with Crippen molar-refractivity contribution < 1.29 is 0 Å². The minimum atomic E-state index is -0.346. The summed E-state index contributed by atoms with van der Waals surface area (Å²) >= 11 is 0. The fourth-order valence-electron chi connectivity index (χ4n) is 19.4. The summed E-state index contributed by atoms with van der Waals surface area (Å²) in [5.74, 6) is 0. The summed E-state index contributed by atoms with van der Waals surface area (Å²) in [5.41, 5.74) is 54.1. The second-order valence-corrected chi connectivity index (χ2v) is 33.7. The number of hydrogen-bond donors (Lipinski definition) is 4. The predicted molar refractivity (Wildman–Crippen MR) is 479 cm³/mol. The van der Waals surface area contributed by atoms with Crippen LogP contribution in [0.25, 0.3) is 182 Å². The van der Waals surface area contributed by atoms with Crippen LogP contribution >= 0.6 is 0 Å². The van der Waals surface area contributed by atoms with Crippen LogP contribution in [0, 0.1) is 125 Å². The Morgan fingerprint density at radius 1 is 0.188 bits per heavy atom. The van der Waals surface area contributed by atoms with Crippen molar-refractivity contribution in [2.24, 2.45) is 0 Å². The van der Waals surface area contributed by atoms with Crippen molar-refractivity contribution >= 4 is 92.7 Å². The van der Waals surface area contributed by atoms with Crippen LogP contribution in [0.5, 0.6) is 0 Å². The molecule has 8 nitrogen and oxygen atoms in total. The molecule has 112 heavy (non-hydrogen) atoms. The number of benzene rings is 7. The van der Waals surface area contributed by atoms with Crippen LogP contribution in [0.4, 0.5) is 0 Å². The van der Waals surface area contributed by atoms with Gasteiger partial charge in [-0.2, -0.15) is 0 Å². The van der Waals surface area contributed by atoms with E-state index < -0.39 is 0 Å². The number of nitrogens with zero attached hydrogens (tertiary/aromatic N) is 4. The zero-order valence-electron chi connectivity index (χ0n) is 68.7. The number of aryl methyl sites for hydroxylation is 18. The van der Waals surface area contributed by atoms with Gasteiger partial charge in [0.15, 0.2) is 0 Å². The third-order valence-corrected chi connectivity index (χ3v) is 23.4. The van der Waals surface area contributed by atoms with Crippen molar-refractivity contribution in [1.29, 1.82) is 0 Å². The van der Waals surface area contributed by atoms with Crippen molar-refractivity contribution in [3.05, 3.63) is 291 Å². The standard InChI is InChI=1S/C104H98N8/c1-53-38-59(7)90(60(8)39-53)98-78-26-22-74(105-78)96(75-23-27-79(106-75)99(91-61(9)40-54(2)41-62(91)10)83-31-35-87(110-83)102(86-34-30-82(98)109-86)94-67(15)46-57(5)47-68(94)16)71-50-72(52-73(51-71)104(19,20)21)97-76-24-28-80(107-76)100(92-63(11)42-55(3)43-64(92)12)84-32-36-88(111-84)103(95-69(17)48-58(6)49-70(95)18)89-37-33-85(112-89)101(81-29-25-77(97)108-81)93-65(13)44-56(4)45-66(93)14/h22-52,105,107,110,112H,1-21H3. The number of H-pyrrole nitrogens is 4. The van der Waals surface area contributed by atoms with Crippen LogP contribution in [0.3, 0.4) is 0 Å². The maximum absolute atomic E-state index is 6.01. The molecule has 4 aliphatic heterocycles. The van der Waals surface area contributed by atoms with Gasteiger partial charge in [0.1, 0.15) is 0 Å². The third-order valence-electron chi connectivity index (χ3n) is 23.4. The minimum absolute atomic E-state index is 0.346. The average molecular weight is 1460 g/mol. The van der Waals surface area contributed by atoms with Crippen LogP contribution in [0.2, 0.25) is 0 Å². The molecule has 0 unspecified atom stereocenters. The number of aromatic nitrogens is 8. The Kier molecular flexibility index (Phi) is 17.7. The normalized spacial score (nSPS) is 12.5. The molecule has 0 saturated heterocycles. The summed E-state index contributed by atoms with van der Waals surface area (Å²) < 4.78 is 0. The first-order valence-electron chi connectivity index (χ1n) is 39.5. The van der Waals surface area contributed by atoms with Gasteiger partial charge in [-0.1, -0.05) is 139 Å². The number of fused-ring (bicyclic) bond motifs is 16.